The summed E-state index contributed by atoms with van der Waals surface area (Å²) in [5.41, 5.74) is 1.57. The molecule has 1 aromatic heterocycles. The second-order valence-electron chi connectivity index (χ2n) is 3.38. The van der Waals surface area contributed by atoms with Crippen LogP contribution in [0.1, 0.15) is 19.9 Å². The third kappa shape index (κ3) is 1.47. The normalized spacial score (nSPS) is 11.5. The van der Waals surface area contributed by atoms with Crippen LogP contribution >= 0.6 is 23.2 Å². The molecule has 3 nitrogen and oxygen atoms in total. The Morgan fingerprint density at radius 3 is 2.64 bits per heavy atom. The van der Waals surface area contributed by atoms with Gasteiger partial charge in [0.15, 0.2) is 0 Å². The fraction of sp³-hybridized carbons (Fsp3) is 0.333. The molecule has 0 atom stereocenters. The summed E-state index contributed by atoms with van der Waals surface area (Å²) in [6.07, 6.45) is 0. The Balaban J connectivity index is 2.79. The van der Waals surface area contributed by atoms with Crippen LogP contribution in [0.5, 0.6) is 0 Å². The van der Waals surface area contributed by atoms with Crippen molar-refractivity contribution < 1.29 is 0 Å². The molecule has 74 valence electrons. The van der Waals surface area contributed by atoms with Crippen molar-refractivity contribution in [2.24, 2.45) is 0 Å². The highest BCUT2D eigenvalue weighted by molar-refractivity contribution is 6.38. The number of aromatic nitrogens is 3. The Bertz CT molecular complexity index is 476. The van der Waals surface area contributed by atoms with Crippen LogP contribution in [0.15, 0.2) is 12.1 Å². The van der Waals surface area contributed by atoms with Crippen molar-refractivity contribution in [3.8, 4) is 0 Å². The summed E-state index contributed by atoms with van der Waals surface area (Å²) in [4.78, 5) is 0. The monoisotopic (exact) mass is 229 g/mol. The number of benzene rings is 1. The molecular formula is C9H9Cl2N3. The second-order valence-corrected chi connectivity index (χ2v) is 4.23. The van der Waals surface area contributed by atoms with Crippen LogP contribution in [0.3, 0.4) is 0 Å². The molecule has 5 heteroatoms. The first-order valence-electron chi connectivity index (χ1n) is 4.29. The van der Waals surface area contributed by atoms with Crippen molar-refractivity contribution in [1.82, 2.24) is 15.0 Å². The van der Waals surface area contributed by atoms with E-state index in [4.69, 9.17) is 23.2 Å². The van der Waals surface area contributed by atoms with E-state index in [0.29, 0.717) is 10.0 Å². The zero-order chi connectivity index (χ0) is 10.3. The molecule has 2 aromatic rings. The number of fused-ring (bicyclic) bond motifs is 1. The maximum absolute atomic E-state index is 6.07. The third-order valence-corrected chi connectivity index (χ3v) is 2.48. The Labute approximate surface area is 91.6 Å². The molecule has 0 fully saturated rings. The van der Waals surface area contributed by atoms with E-state index in [-0.39, 0.29) is 6.04 Å². The molecular weight excluding hydrogens is 221 g/mol. The predicted octanol–water partition coefficient (Wildman–Crippen LogP) is 3.32. The summed E-state index contributed by atoms with van der Waals surface area (Å²) in [5, 5.41) is 9.20. The molecule has 0 unspecified atom stereocenters. The lowest BCUT2D eigenvalue weighted by atomic mass is 10.3. The summed E-state index contributed by atoms with van der Waals surface area (Å²) >= 11 is 11.9. The minimum atomic E-state index is 0.235. The average molecular weight is 230 g/mol. The zero-order valence-electron chi connectivity index (χ0n) is 7.83. The Kier molecular flexibility index (Phi) is 2.37. The summed E-state index contributed by atoms with van der Waals surface area (Å²) in [7, 11) is 0. The van der Waals surface area contributed by atoms with Gasteiger partial charge in [0.2, 0.25) is 0 Å². The molecule has 2 rings (SSSR count). The molecule has 0 N–H and O–H groups in total. The van der Waals surface area contributed by atoms with Gasteiger partial charge in [-0.15, -0.1) is 5.10 Å². The molecule has 0 saturated heterocycles. The van der Waals surface area contributed by atoms with Crippen molar-refractivity contribution in [3.63, 3.8) is 0 Å². The molecule has 0 radical (unpaired) electrons. The van der Waals surface area contributed by atoms with E-state index in [1.165, 1.54) is 0 Å². The molecule has 0 bridgehead atoms. The van der Waals surface area contributed by atoms with Gasteiger partial charge < -0.3 is 0 Å². The van der Waals surface area contributed by atoms with Gasteiger partial charge in [-0.05, 0) is 26.0 Å². The fourth-order valence-electron chi connectivity index (χ4n) is 1.36. The Morgan fingerprint density at radius 2 is 2.00 bits per heavy atom. The standard InChI is InChI=1S/C9H9Cl2N3/c1-5(2)14-9-7(11)3-6(10)4-8(9)12-13-14/h3-5H,1-2H3. The highest BCUT2D eigenvalue weighted by Crippen LogP contribution is 2.27. The van der Waals surface area contributed by atoms with Gasteiger partial charge in [-0.3, -0.25) is 0 Å². The first kappa shape index (κ1) is 9.74. The Hall–Kier alpha value is -0.800. The van der Waals surface area contributed by atoms with E-state index < -0.39 is 0 Å². The van der Waals surface area contributed by atoms with Crippen LogP contribution in [-0.2, 0) is 0 Å². The largest absolute Gasteiger partial charge is 0.241 e. The molecule has 0 aliphatic rings. The molecule has 0 spiro atoms. The SMILES string of the molecule is CC(C)n1nnc2cc(Cl)cc(Cl)c21. The topological polar surface area (TPSA) is 30.7 Å². The van der Waals surface area contributed by atoms with Gasteiger partial charge in [-0.2, -0.15) is 0 Å². The van der Waals surface area contributed by atoms with Crippen molar-refractivity contribution in [1.29, 1.82) is 0 Å². The van der Waals surface area contributed by atoms with E-state index in [1.807, 2.05) is 13.8 Å². The van der Waals surface area contributed by atoms with E-state index >= 15 is 0 Å². The molecule has 0 aliphatic carbocycles. The second kappa shape index (κ2) is 3.41. The van der Waals surface area contributed by atoms with Gasteiger partial charge in [-0.25, -0.2) is 4.68 Å². The minimum Gasteiger partial charge on any atom is -0.241 e. The highest BCUT2D eigenvalue weighted by atomic mass is 35.5. The first-order valence-corrected chi connectivity index (χ1v) is 5.05. The van der Waals surface area contributed by atoms with Gasteiger partial charge in [0, 0.05) is 11.1 Å². The van der Waals surface area contributed by atoms with Crippen molar-refractivity contribution >= 4 is 34.2 Å². The molecule has 0 aliphatic heterocycles. The van der Waals surface area contributed by atoms with Gasteiger partial charge >= 0.3 is 0 Å². The van der Waals surface area contributed by atoms with Crippen molar-refractivity contribution in [3.05, 3.63) is 22.2 Å². The maximum Gasteiger partial charge on any atom is 0.116 e. The lowest BCUT2D eigenvalue weighted by molar-refractivity contribution is 0.530. The van der Waals surface area contributed by atoms with Gasteiger partial charge in [0.05, 0.1) is 5.02 Å². The smallest absolute Gasteiger partial charge is 0.116 e. The molecule has 1 heterocycles. The quantitative estimate of drug-likeness (QED) is 0.752. The zero-order valence-corrected chi connectivity index (χ0v) is 9.34. The van der Waals surface area contributed by atoms with E-state index in [2.05, 4.69) is 10.3 Å². The minimum absolute atomic E-state index is 0.235. The van der Waals surface area contributed by atoms with Gasteiger partial charge in [-0.1, -0.05) is 28.4 Å². The van der Waals surface area contributed by atoms with Crippen LogP contribution in [0, 0.1) is 0 Å². The first-order chi connectivity index (χ1) is 6.59. The number of nitrogens with zero attached hydrogens (tertiary/aromatic N) is 3. The molecule has 0 saturated carbocycles. The molecule has 0 amide bonds. The Morgan fingerprint density at radius 1 is 1.29 bits per heavy atom. The maximum atomic E-state index is 6.07. The summed E-state index contributed by atoms with van der Waals surface area (Å²) in [5.74, 6) is 0. The van der Waals surface area contributed by atoms with Gasteiger partial charge in [0.1, 0.15) is 11.0 Å². The van der Waals surface area contributed by atoms with Crippen LogP contribution in [0.2, 0.25) is 10.0 Å². The average Bonchev–Trinajstić information content (AvgIpc) is 2.47. The van der Waals surface area contributed by atoms with Crippen LogP contribution in [0.4, 0.5) is 0 Å². The number of halogens is 2. The van der Waals surface area contributed by atoms with Gasteiger partial charge in [0.25, 0.3) is 0 Å². The van der Waals surface area contributed by atoms with Crippen LogP contribution < -0.4 is 0 Å². The molecule has 1 aromatic carbocycles. The van der Waals surface area contributed by atoms with E-state index in [1.54, 1.807) is 16.8 Å². The van der Waals surface area contributed by atoms with E-state index in [9.17, 15) is 0 Å². The highest BCUT2D eigenvalue weighted by Gasteiger charge is 2.11. The lowest BCUT2D eigenvalue weighted by Gasteiger charge is -2.06. The summed E-state index contributed by atoms with van der Waals surface area (Å²) in [6.45, 7) is 4.05. The number of rotatable bonds is 1. The summed E-state index contributed by atoms with van der Waals surface area (Å²) in [6, 6.07) is 3.70. The van der Waals surface area contributed by atoms with Crippen molar-refractivity contribution in [2.75, 3.05) is 0 Å². The lowest BCUT2D eigenvalue weighted by Crippen LogP contribution is -2.02. The third-order valence-electron chi connectivity index (χ3n) is 1.98. The van der Waals surface area contributed by atoms with Crippen LogP contribution in [-0.4, -0.2) is 15.0 Å². The number of hydrogen-bond acceptors (Lipinski definition) is 2. The van der Waals surface area contributed by atoms with E-state index in [0.717, 1.165) is 11.0 Å². The summed E-state index contributed by atoms with van der Waals surface area (Å²) < 4.78 is 1.79. The van der Waals surface area contributed by atoms with Crippen LogP contribution in [0.25, 0.3) is 11.0 Å². The number of hydrogen-bond donors (Lipinski definition) is 0. The molecule has 14 heavy (non-hydrogen) atoms. The predicted molar refractivity (Wildman–Crippen MR) is 57.9 cm³/mol. The fourth-order valence-corrected chi connectivity index (χ4v) is 1.93. The van der Waals surface area contributed by atoms with Crippen molar-refractivity contribution in [2.45, 2.75) is 19.9 Å².